The molecular weight excluding hydrogens is 457 g/mol. The Morgan fingerprint density at radius 1 is 0.970 bits per heavy atom. The van der Waals surface area contributed by atoms with Crippen molar-refractivity contribution in [2.45, 2.75) is 19.4 Å². The Kier molecular flexibility index (Phi) is 4.93. The highest BCUT2D eigenvalue weighted by Gasteiger charge is 2.56. The predicted molar refractivity (Wildman–Crippen MR) is 129 cm³/mol. The number of hydrazone groups is 1. The molecule has 1 saturated heterocycles. The van der Waals surface area contributed by atoms with Crippen LogP contribution in [0.4, 0.5) is 0 Å². The summed E-state index contributed by atoms with van der Waals surface area (Å²) in [5, 5.41) is 7.70. The maximum Gasteiger partial charge on any atom is 0.254 e. The van der Waals surface area contributed by atoms with E-state index in [1.54, 1.807) is 12.3 Å². The van der Waals surface area contributed by atoms with Crippen LogP contribution < -0.4 is 0 Å². The summed E-state index contributed by atoms with van der Waals surface area (Å²) < 4.78 is 2.09. The van der Waals surface area contributed by atoms with E-state index in [4.69, 9.17) is 23.2 Å². The normalized spacial score (nSPS) is 26.2. The van der Waals surface area contributed by atoms with Gasteiger partial charge in [0, 0.05) is 39.3 Å². The van der Waals surface area contributed by atoms with Crippen molar-refractivity contribution in [2.75, 3.05) is 0 Å². The van der Waals surface area contributed by atoms with Crippen LogP contribution in [-0.2, 0) is 16.1 Å². The van der Waals surface area contributed by atoms with Gasteiger partial charge in [-0.2, -0.15) is 10.1 Å². The lowest BCUT2D eigenvalue weighted by Gasteiger charge is -2.37. The van der Waals surface area contributed by atoms with Gasteiger partial charge in [0.25, 0.3) is 11.8 Å². The maximum atomic E-state index is 13.1. The Balaban J connectivity index is 1.32. The fraction of sp³-hybridized carbons (Fsp3) is 0.269. The number of benzene rings is 2. The number of para-hydroxylation sites is 1. The van der Waals surface area contributed by atoms with Gasteiger partial charge in [0.1, 0.15) is 0 Å². The van der Waals surface area contributed by atoms with Crippen molar-refractivity contribution < 1.29 is 9.59 Å². The van der Waals surface area contributed by atoms with E-state index in [1.165, 1.54) is 0 Å². The third kappa shape index (κ3) is 3.33. The number of fused-ring (bicyclic) bond motifs is 2. The van der Waals surface area contributed by atoms with Crippen LogP contribution in [-0.4, -0.2) is 27.6 Å². The molecule has 3 aliphatic carbocycles. The molecular formula is C26H21Cl2N3O2. The summed E-state index contributed by atoms with van der Waals surface area (Å²) in [7, 11) is 0. The van der Waals surface area contributed by atoms with Crippen molar-refractivity contribution in [3.8, 4) is 0 Å². The van der Waals surface area contributed by atoms with Crippen LogP contribution in [0.5, 0.6) is 0 Å². The SMILES string of the molecule is O=C1[C@H]2[C@H](C(=O)N1/N=C\c1cn(Cc3ccc(Cl)cc3Cl)c3ccccc13)[C@H]1C=C[C@H]2CC1. The molecule has 1 aromatic heterocycles. The molecule has 2 aromatic carbocycles. The van der Waals surface area contributed by atoms with E-state index >= 15 is 0 Å². The number of carbonyl (C=O) groups excluding carboxylic acids is 2. The summed E-state index contributed by atoms with van der Waals surface area (Å²) in [4.78, 5) is 26.1. The first-order valence-corrected chi connectivity index (χ1v) is 11.9. The summed E-state index contributed by atoms with van der Waals surface area (Å²) >= 11 is 12.4. The van der Waals surface area contributed by atoms with Gasteiger partial charge in [-0.1, -0.05) is 59.6 Å². The Morgan fingerprint density at radius 3 is 2.33 bits per heavy atom. The van der Waals surface area contributed by atoms with Gasteiger partial charge in [-0.15, -0.1) is 0 Å². The maximum absolute atomic E-state index is 13.1. The highest BCUT2D eigenvalue weighted by Crippen LogP contribution is 2.49. The number of allylic oxidation sites excluding steroid dienone is 2. The lowest BCUT2D eigenvalue weighted by atomic mass is 9.63. The van der Waals surface area contributed by atoms with Crippen molar-refractivity contribution in [3.63, 3.8) is 0 Å². The Hall–Kier alpha value is -2.89. The molecule has 1 aliphatic heterocycles. The van der Waals surface area contributed by atoms with Crippen molar-refractivity contribution in [2.24, 2.45) is 28.8 Å². The van der Waals surface area contributed by atoms with Gasteiger partial charge in [0.05, 0.1) is 18.1 Å². The minimum Gasteiger partial charge on any atom is -0.342 e. The van der Waals surface area contributed by atoms with Crippen molar-refractivity contribution in [3.05, 3.63) is 82.0 Å². The zero-order chi connectivity index (χ0) is 22.7. The van der Waals surface area contributed by atoms with Crippen LogP contribution >= 0.6 is 23.2 Å². The second-order valence-electron chi connectivity index (χ2n) is 9.04. The highest BCUT2D eigenvalue weighted by atomic mass is 35.5. The number of hydrogen-bond acceptors (Lipinski definition) is 3. The second kappa shape index (κ2) is 7.86. The van der Waals surface area contributed by atoms with Crippen LogP contribution in [0.1, 0.15) is 24.0 Å². The first-order valence-electron chi connectivity index (χ1n) is 11.1. The molecule has 33 heavy (non-hydrogen) atoms. The third-order valence-electron chi connectivity index (χ3n) is 7.22. The molecule has 2 fully saturated rings. The fourth-order valence-electron chi connectivity index (χ4n) is 5.63. The lowest BCUT2D eigenvalue weighted by Crippen LogP contribution is -2.38. The van der Waals surface area contributed by atoms with Gasteiger partial charge in [-0.3, -0.25) is 9.59 Å². The third-order valence-corrected chi connectivity index (χ3v) is 7.81. The smallest absolute Gasteiger partial charge is 0.254 e. The number of rotatable bonds is 4. The van der Waals surface area contributed by atoms with Gasteiger partial charge in [0.15, 0.2) is 0 Å². The number of halogens is 2. The monoisotopic (exact) mass is 477 g/mol. The largest absolute Gasteiger partial charge is 0.342 e. The van der Waals surface area contributed by atoms with Gasteiger partial charge in [-0.05, 0) is 48.4 Å². The molecule has 1 saturated carbocycles. The van der Waals surface area contributed by atoms with Gasteiger partial charge >= 0.3 is 0 Å². The van der Waals surface area contributed by atoms with Gasteiger partial charge < -0.3 is 4.57 Å². The van der Waals surface area contributed by atoms with Crippen molar-refractivity contribution in [1.82, 2.24) is 9.58 Å². The van der Waals surface area contributed by atoms with Gasteiger partial charge in [0.2, 0.25) is 0 Å². The molecule has 3 aromatic rings. The number of carbonyl (C=O) groups is 2. The van der Waals surface area contributed by atoms with Crippen LogP contribution in [0.25, 0.3) is 10.9 Å². The fourth-order valence-corrected chi connectivity index (χ4v) is 6.10. The quantitative estimate of drug-likeness (QED) is 0.282. The van der Waals surface area contributed by atoms with E-state index in [0.717, 1.165) is 39.9 Å². The topological polar surface area (TPSA) is 54.7 Å². The zero-order valence-electron chi connectivity index (χ0n) is 17.7. The highest BCUT2D eigenvalue weighted by molar-refractivity contribution is 6.35. The summed E-state index contributed by atoms with van der Waals surface area (Å²) in [6, 6.07) is 13.4. The van der Waals surface area contributed by atoms with E-state index < -0.39 is 0 Å². The van der Waals surface area contributed by atoms with Crippen molar-refractivity contribution >= 4 is 52.1 Å². The van der Waals surface area contributed by atoms with Crippen LogP contribution in [0.15, 0.2) is 65.9 Å². The van der Waals surface area contributed by atoms with Crippen LogP contribution in [0.3, 0.4) is 0 Å². The lowest BCUT2D eigenvalue weighted by molar-refractivity contribution is -0.140. The van der Waals surface area contributed by atoms with E-state index in [1.807, 2.05) is 42.6 Å². The summed E-state index contributed by atoms with van der Waals surface area (Å²) in [5.41, 5.74) is 2.80. The average molecular weight is 478 g/mol. The van der Waals surface area contributed by atoms with E-state index in [0.29, 0.717) is 16.6 Å². The molecule has 4 aliphatic rings. The van der Waals surface area contributed by atoms with E-state index in [2.05, 4.69) is 21.8 Å². The number of nitrogens with zero attached hydrogens (tertiary/aromatic N) is 3. The first kappa shape index (κ1) is 20.7. The summed E-state index contributed by atoms with van der Waals surface area (Å²) in [6.07, 6.45) is 9.78. The minimum absolute atomic E-state index is 0.155. The molecule has 2 heterocycles. The molecule has 2 bridgehead atoms. The molecule has 0 radical (unpaired) electrons. The summed E-state index contributed by atoms with van der Waals surface area (Å²) in [5.74, 6) is -0.544. The number of amides is 2. The average Bonchev–Trinajstić information content (AvgIpc) is 3.31. The molecule has 0 N–H and O–H groups in total. The van der Waals surface area contributed by atoms with Crippen LogP contribution in [0.2, 0.25) is 10.0 Å². The second-order valence-corrected chi connectivity index (χ2v) is 9.88. The number of aromatic nitrogens is 1. The van der Waals surface area contributed by atoms with Gasteiger partial charge in [-0.25, -0.2) is 0 Å². The molecule has 0 spiro atoms. The molecule has 7 heteroatoms. The Morgan fingerprint density at radius 2 is 1.67 bits per heavy atom. The number of hydrogen-bond donors (Lipinski definition) is 0. The predicted octanol–water partition coefficient (Wildman–Crippen LogP) is 5.53. The molecule has 0 unspecified atom stereocenters. The standard InChI is InChI=1S/C26H21Cl2N3O2/c27-19-10-9-17(21(28)11-19)13-30-14-18(20-3-1-2-4-22(20)30)12-29-31-25(32)23-15-5-6-16(8-7-15)24(23)26(31)33/h1-6,9-12,14-16,23-24H,7-8,13H2/b29-12-/t15-,16-,23+,24+/m0/s1. The Bertz CT molecular complexity index is 1330. The molecule has 2 amide bonds. The minimum atomic E-state index is -0.258. The molecule has 7 rings (SSSR count). The Labute approximate surface area is 201 Å². The molecule has 5 nitrogen and oxygen atoms in total. The zero-order valence-corrected chi connectivity index (χ0v) is 19.2. The van der Waals surface area contributed by atoms with E-state index in [9.17, 15) is 9.59 Å². The summed E-state index contributed by atoms with van der Waals surface area (Å²) in [6.45, 7) is 0.561. The molecule has 4 atom stereocenters. The van der Waals surface area contributed by atoms with Crippen LogP contribution in [0, 0.1) is 23.7 Å². The molecule has 166 valence electrons. The first-order chi connectivity index (χ1) is 16.0. The van der Waals surface area contributed by atoms with E-state index in [-0.39, 0.29) is 35.5 Å². The van der Waals surface area contributed by atoms with Crippen molar-refractivity contribution in [1.29, 1.82) is 0 Å². The number of imide groups is 1.